The van der Waals surface area contributed by atoms with E-state index in [4.69, 9.17) is 10.2 Å². The van der Waals surface area contributed by atoms with Gasteiger partial charge in [0.05, 0.1) is 12.3 Å². The second kappa shape index (κ2) is 3.20. The Morgan fingerprint density at radius 2 is 2.14 bits per heavy atom. The van der Waals surface area contributed by atoms with E-state index in [2.05, 4.69) is 15.1 Å². The standard InChI is InChI=1S/C7H8N4O3/c12-2-4-1-6(14)11-7(8-4)9-5(3-13)10-11/h1,12-13H,2-3H2,(H,8,9,10). The van der Waals surface area contributed by atoms with Gasteiger partial charge in [0.2, 0.25) is 0 Å². The number of hydrogen-bond acceptors (Lipinski definition) is 5. The van der Waals surface area contributed by atoms with Crippen LogP contribution >= 0.6 is 0 Å². The minimum absolute atomic E-state index is 0.144. The molecule has 0 fully saturated rings. The van der Waals surface area contributed by atoms with Gasteiger partial charge in [-0.2, -0.15) is 9.50 Å². The van der Waals surface area contributed by atoms with Gasteiger partial charge in [0, 0.05) is 6.07 Å². The molecule has 0 atom stereocenters. The Morgan fingerprint density at radius 1 is 1.36 bits per heavy atom. The maximum Gasteiger partial charge on any atom is 0.274 e. The molecule has 0 saturated heterocycles. The number of fused-ring (bicyclic) bond motifs is 1. The van der Waals surface area contributed by atoms with E-state index in [1.807, 2.05) is 0 Å². The Kier molecular flexibility index (Phi) is 2.02. The second-order valence-electron chi connectivity index (χ2n) is 2.71. The molecular formula is C7H8N4O3. The molecular weight excluding hydrogens is 188 g/mol. The van der Waals surface area contributed by atoms with Crippen LogP contribution in [-0.2, 0) is 13.2 Å². The summed E-state index contributed by atoms with van der Waals surface area (Å²) >= 11 is 0. The van der Waals surface area contributed by atoms with E-state index in [0.29, 0.717) is 0 Å². The summed E-state index contributed by atoms with van der Waals surface area (Å²) in [6.07, 6.45) is 0. The Labute approximate surface area is 77.7 Å². The number of aliphatic hydroxyl groups excluding tert-OH is 2. The first kappa shape index (κ1) is 8.85. The average molecular weight is 196 g/mol. The molecule has 0 aliphatic heterocycles. The lowest BCUT2D eigenvalue weighted by molar-refractivity contribution is 0.271. The molecule has 0 saturated carbocycles. The summed E-state index contributed by atoms with van der Waals surface area (Å²) in [5, 5.41) is 20.1. The van der Waals surface area contributed by atoms with Crippen LogP contribution in [0.1, 0.15) is 11.5 Å². The molecule has 0 amide bonds. The molecule has 0 bridgehead atoms. The van der Waals surface area contributed by atoms with E-state index in [1.165, 1.54) is 6.07 Å². The van der Waals surface area contributed by atoms with Crippen molar-refractivity contribution in [3.8, 4) is 0 Å². The highest BCUT2D eigenvalue weighted by Crippen LogP contribution is 1.97. The zero-order valence-corrected chi connectivity index (χ0v) is 7.14. The summed E-state index contributed by atoms with van der Waals surface area (Å²) in [6.45, 7) is -0.607. The van der Waals surface area contributed by atoms with Crippen molar-refractivity contribution < 1.29 is 10.2 Å². The van der Waals surface area contributed by atoms with E-state index in [0.717, 1.165) is 4.52 Å². The molecule has 2 heterocycles. The molecule has 3 N–H and O–H groups in total. The smallest absolute Gasteiger partial charge is 0.274 e. The third-order valence-electron chi connectivity index (χ3n) is 1.74. The number of aromatic nitrogens is 4. The van der Waals surface area contributed by atoms with E-state index >= 15 is 0 Å². The van der Waals surface area contributed by atoms with Gasteiger partial charge in [-0.05, 0) is 0 Å². The molecule has 7 heteroatoms. The van der Waals surface area contributed by atoms with Gasteiger partial charge in [-0.25, -0.2) is 4.98 Å². The third kappa shape index (κ3) is 1.28. The van der Waals surface area contributed by atoms with Crippen molar-refractivity contribution in [3.63, 3.8) is 0 Å². The van der Waals surface area contributed by atoms with E-state index in [1.54, 1.807) is 0 Å². The first-order valence-corrected chi connectivity index (χ1v) is 3.94. The lowest BCUT2D eigenvalue weighted by Crippen LogP contribution is -2.15. The number of aromatic amines is 1. The number of H-pyrrole nitrogens is 1. The van der Waals surface area contributed by atoms with Gasteiger partial charge in [0.15, 0.2) is 5.82 Å². The molecule has 0 aromatic carbocycles. The molecule has 7 nitrogen and oxygen atoms in total. The first-order chi connectivity index (χ1) is 6.74. The monoisotopic (exact) mass is 196 g/mol. The van der Waals surface area contributed by atoms with E-state index in [-0.39, 0.29) is 36.1 Å². The van der Waals surface area contributed by atoms with E-state index < -0.39 is 0 Å². The number of rotatable bonds is 2. The molecule has 0 spiro atoms. The lowest BCUT2D eigenvalue weighted by Gasteiger charge is -1.93. The molecule has 0 aliphatic rings. The molecule has 74 valence electrons. The first-order valence-electron chi connectivity index (χ1n) is 3.94. The van der Waals surface area contributed by atoms with Crippen LogP contribution < -0.4 is 5.56 Å². The van der Waals surface area contributed by atoms with Crippen molar-refractivity contribution in [2.24, 2.45) is 0 Å². The zero-order chi connectivity index (χ0) is 10.1. The molecule has 0 aliphatic carbocycles. The quantitative estimate of drug-likeness (QED) is 0.536. The van der Waals surface area contributed by atoms with Crippen molar-refractivity contribution in [2.75, 3.05) is 0 Å². The molecule has 2 aromatic rings. The van der Waals surface area contributed by atoms with Crippen molar-refractivity contribution >= 4 is 5.78 Å². The average Bonchev–Trinajstić information content (AvgIpc) is 2.61. The molecule has 0 radical (unpaired) electrons. The van der Waals surface area contributed by atoms with Crippen molar-refractivity contribution in [2.45, 2.75) is 13.2 Å². The van der Waals surface area contributed by atoms with Crippen molar-refractivity contribution in [3.05, 3.63) is 27.9 Å². The maximum atomic E-state index is 11.3. The maximum absolute atomic E-state index is 11.3. The summed E-state index contributed by atoms with van der Waals surface area (Å²) in [7, 11) is 0. The van der Waals surface area contributed by atoms with Crippen LogP contribution in [-0.4, -0.2) is 29.8 Å². The van der Waals surface area contributed by atoms with E-state index in [9.17, 15) is 4.79 Å². The van der Waals surface area contributed by atoms with Crippen LogP contribution in [0.15, 0.2) is 10.9 Å². The predicted molar refractivity (Wildman–Crippen MR) is 45.5 cm³/mol. The molecule has 14 heavy (non-hydrogen) atoms. The predicted octanol–water partition coefficient (Wildman–Crippen LogP) is -1.60. The van der Waals surface area contributed by atoms with Crippen LogP contribution in [0.4, 0.5) is 0 Å². The van der Waals surface area contributed by atoms with Gasteiger partial charge in [-0.3, -0.25) is 9.89 Å². The summed E-state index contributed by atoms with van der Waals surface area (Å²) in [5.41, 5.74) is -0.114. The van der Waals surface area contributed by atoms with Crippen LogP contribution in [0, 0.1) is 0 Å². The van der Waals surface area contributed by atoms with Crippen LogP contribution in [0.25, 0.3) is 5.78 Å². The fourth-order valence-corrected chi connectivity index (χ4v) is 1.12. The van der Waals surface area contributed by atoms with Crippen LogP contribution in [0.5, 0.6) is 0 Å². The summed E-state index contributed by atoms with van der Waals surface area (Å²) in [5.74, 6) is 0.398. The van der Waals surface area contributed by atoms with Gasteiger partial charge in [-0.1, -0.05) is 0 Å². The number of aliphatic hydroxyl groups is 2. The van der Waals surface area contributed by atoms with Gasteiger partial charge in [-0.15, -0.1) is 0 Å². The Morgan fingerprint density at radius 3 is 2.79 bits per heavy atom. The highest BCUT2D eigenvalue weighted by Gasteiger charge is 2.06. The molecule has 2 aromatic heterocycles. The fourth-order valence-electron chi connectivity index (χ4n) is 1.12. The second-order valence-corrected chi connectivity index (χ2v) is 2.71. The lowest BCUT2D eigenvalue weighted by atomic mass is 10.4. The minimum atomic E-state index is -0.369. The number of nitrogens with zero attached hydrogens (tertiary/aromatic N) is 3. The van der Waals surface area contributed by atoms with Gasteiger partial charge in [0.25, 0.3) is 11.3 Å². The Bertz CT molecular complexity index is 515. The number of hydrogen-bond donors (Lipinski definition) is 3. The van der Waals surface area contributed by atoms with Crippen molar-refractivity contribution in [1.82, 2.24) is 19.6 Å². The third-order valence-corrected chi connectivity index (χ3v) is 1.74. The highest BCUT2D eigenvalue weighted by atomic mass is 16.3. The highest BCUT2D eigenvalue weighted by molar-refractivity contribution is 5.27. The van der Waals surface area contributed by atoms with Gasteiger partial charge in [0.1, 0.15) is 6.61 Å². The van der Waals surface area contributed by atoms with Crippen LogP contribution in [0.2, 0.25) is 0 Å². The summed E-state index contributed by atoms with van der Waals surface area (Å²) in [6, 6.07) is 1.20. The topological polar surface area (TPSA) is 104 Å². The molecule has 2 rings (SSSR count). The minimum Gasteiger partial charge on any atom is -0.390 e. The zero-order valence-electron chi connectivity index (χ0n) is 7.14. The largest absolute Gasteiger partial charge is 0.390 e. The SMILES string of the molecule is O=c1cc(CO)nc2nc(CO)[nH]n12. The van der Waals surface area contributed by atoms with Gasteiger partial charge >= 0.3 is 0 Å². The number of nitrogens with one attached hydrogen (secondary N) is 1. The summed E-state index contributed by atoms with van der Waals surface area (Å²) < 4.78 is 1.10. The normalized spacial score (nSPS) is 11.0. The Balaban J connectivity index is 2.73. The van der Waals surface area contributed by atoms with Gasteiger partial charge < -0.3 is 10.2 Å². The Hall–Kier alpha value is -1.73. The van der Waals surface area contributed by atoms with Crippen LogP contribution in [0.3, 0.4) is 0 Å². The summed E-state index contributed by atoms with van der Waals surface area (Å²) in [4.78, 5) is 19.1. The fraction of sp³-hybridized carbons (Fsp3) is 0.286. The molecule has 0 unspecified atom stereocenters. The van der Waals surface area contributed by atoms with Crippen molar-refractivity contribution in [1.29, 1.82) is 0 Å².